The van der Waals surface area contributed by atoms with E-state index in [4.69, 9.17) is 20.8 Å². The average Bonchev–Trinajstić information content (AvgIpc) is 3.04. The van der Waals surface area contributed by atoms with Gasteiger partial charge in [0.15, 0.2) is 0 Å². The van der Waals surface area contributed by atoms with E-state index in [1.165, 1.54) is 0 Å². The van der Waals surface area contributed by atoms with Crippen LogP contribution in [-0.4, -0.2) is 23.3 Å². The van der Waals surface area contributed by atoms with Crippen molar-refractivity contribution in [2.75, 3.05) is 17.7 Å². The van der Waals surface area contributed by atoms with Crippen LogP contribution in [0, 0.1) is 0 Å². The summed E-state index contributed by atoms with van der Waals surface area (Å²) in [5.74, 6) is 1.17. The molecule has 3 rings (SSSR count). The monoisotopic (exact) mass is 358 g/mol. The van der Waals surface area contributed by atoms with Crippen molar-refractivity contribution < 1.29 is 13.9 Å². The molecule has 0 saturated carbocycles. The first-order chi connectivity index (χ1) is 12.1. The van der Waals surface area contributed by atoms with Crippen molar-refractivity contribution in [2.45, 2.75) is 6.42 Å². The molecule has 0 aliphatic rings. The second-order valence-corrected chi connectivity index (χ2v) is 5.55. The Labute approximate surface area is 149 Å². The third-order valence-corrected chi connectivity index (χ3v) is 3.56. The summed E-state index contributed by atoms with van der Waals surface area (Å²) in [7, 11) is 1.61. The van der Waals surface area contributed by atoms with Crippen LogP contribution in [0.5, 0.6) is 5.75 Å². The van der Waals surface area contributed by atoms with E-state index < -0.39 is 6.03 Å². The van der Waals surface area contributed by atoms with Crippen LogP contribution in [0.25, 0.3) is 0 Å². The summed E-state index contributed by atoms with van der Waals surface area (Å²) in [4.78, 5) is 11.9. The second-order valence-electron chi connectivity index (χ2n) is 5.11. The van der Waals surface area contributed by atoms with E-state index in [0.717, 1.165) is 11.3 Å². The highest BCUT2D eigenvalue weighted by molar-refractivity contribution is 6.30. The van der Waals surface area contributed by atoms with Gasteiger partial charge in [0.25, 0.3) is 0 Å². The van der Waals surface area contributed by atoms with Crippen molar-refractivity contribution in [2.24, 2.45) is 0 Å². The van der Waals surface area contributed by atoms with Gasteiger partial charge >= 0.3 is 12.0 Å². The third-order valence-electron chi connectivity index (χ3n) is 3.30. The van der Waals surface area contributed by atoms with Gasteiger partial charge in [-0.3, -0.25) is 5.32 Å². The molecule has 0 aliphatic carbocycles. The zero-order chi connectivity index (χ0) is 17.6. The Morgan fingerprint density at radius 2 is 1.80 bits per heavy atom. The molecule has 8 heteroatoms. The lowest BCUT2D eigenvalue weighted by Gasteiger charge is -2.04. The third kappa shape index (κ3) is 4.71. The van der Waals surface area contributed by atoms with Gasteiger partial charge in [0.1, 0.15) is 5.75 Å². The Balaban J connectivity index is 1.57. The molecule has 0 bridgehead atoms. The number of halogens is 1. The summed E-state index contributed by atoms with van der Waals surface area (Å²) < 4.78 is 10.5. The standard InChI is InChI=1S/C17H15ClN4O3/c1-24-14-8-2-11(3-9-14)10-15-21-22-17(25-15)20-16(23)19-13-6-4-12(18)5-7-13/h2-9H,10H2,1H3,(H2,19,20,22,23). The van der Waals surface area contributed by atoms with E-state index in [1.54, 1.807) is 31.4 Å². The molecular formula is C17H15ClN4O3. The Kier molecular flexibility index (Phi) is 5.15. The highest BCUT2D eigenvalue weighted by atomic mass is 35.5. The van der Waals surface area contributed by atoms with Crippen LogP contribution >= 0.6 is 11.6 Å². The number of benzene rings is 2. The summed E-state index contributed by atoms with van der Waals surface area (Å²) in [5.41, 5.74) is 1.58. The van der Waals surface area contributed by atoms with Gasteiger partial charge in [-0.2, -0.15) is 0 Å². The first-order valence-corrected chi connectivity index (χ1v) is 7.79. The number of nitrogens with one attached hydrogen (secondary N) is 2. The summed E-state index contributed by atoms with van der Waals surface area (Å²) in [6.45, 7) is 0. The summed E-state index contributed by atoms with van der Waals surface area (Å²) in [5, 5.41) is 13.4. The Hall–Kier alpha value is -3.06. The molecule has 0 atom stereocenters. The number of carbonyl (C=O) groups excluding carboxylic acids is 1. The molecule has 2 amide bonds. The maximum Gasteiger partial charge on any atom is 0.327 e. The van der Waals surface area contributed by atoms with E-state index in [-0.39, 0.29) is 6.01 Å². The van der Waals surface area contributed by atoms with Gasteiger partial charge in [-0.15, -0.1) is 5.10 Å². The van der Waals surface area contributed by atoms with Crippen LogP contribution in [0.4, 0.5) is 16.5 Å². The molecule has 0 saturated heterocycles. The zero-order valence-corrected chi connectivity index (χ0v) is 14.1. The maximum atomic E-state index is 11.9. The zero-order valence-electron chi connectivity index (χ0n) is 13.3. The van der Waals surface area contributed by atoms with E-state index >= 15 is 0 Å². The minimum Gasteiger partial charge on any atom is -0.497 e. The number of hydrogen-bond acceptors (Lipinski definition) is 5. The molecular weight excluding hydrogens is 344 g/mol. The molecule has 25 heavy (non-hydrogen) atoms. The minimum absolute atomic E-state index is 0.0231. The largest absolute Gasteiger partial charge is 0.497 e. The van der Waals surface area contributed by atoms with E-state index in [2.05, 4.69) is 20.8 Å². The van der Waals surface area contributed by atoms with Crippen LogP contribution in [0.15, 0.2) is 52.9 Å². The van der Waals surface area contributed by atoms with Gasteiger partial charge in [-0.05, 0) is 42.0 Å². The lowest BCUT2D eigenvalue weighted by molar-refractivity contribution is 0.261. The number of amides is 2. The van der Waals surface area contributed by atoms with Crippen LogP contribution < -0.4 is 15.4 Å². The highest BCUT2D eigenvalue weighted by Gasteiger charge is 2.10. The fourth-order valence-corrected chi connectivity index (χ4v) is 2.21. The van der Waals surface area contributed by atoms with Crippen molar-refractivity contribution in [3.05, 3.63) is 65.0 Å². The number of urea groups is 1. The lowest BCUT2D eigenvalue weighted by atomic mass is 10.1. The van der Waals surface area contributed by atoms with Crippen molar-refractivity contribution >= 4 is 29.3 Å². The predicted molar refractivity (Wildman–Crippen MR) is 94.2 cm³/mol. The molecule has 1 heterocycles. The summed E-state index contributed by atoms with van der Waals surface area (Å²) in [6, 6.07) is 13.8. The number of hydrogen-bond donors (Lipinski definition) is 2. The smallest absolute Gasteiger partial charge is 0.327 e. The van der Waals surface area contributed by atoms with E-state index in [1.807, 2.05) is 24.3 Å². The van der Waals surface area contributed by atoms with Crippen LogP contribution in [-0.2, 0) is 6.42 Å². The van der Waals surface area contributed by atoms with E-state index in [9.17, 15) is 4.79 Å². The van der Waals surface area contributed by atoms with Gasteiger partial charge in [0, 0.05) is 10.7 Å². The molecule has 3 aromatic rings. The Morgan fingerprint density at radius 3 is 2.48 bits per heavy atom. The van der Waals surface area contributed by atoms with Gasteiger partial charge in [-0.25, -0.2) is 4.79 Å². The highest BCUT2D eigenvalue weighted by Crippen LogP contribution is 2.16. The van der Waals surface area contributed by atoms with E-state index in [0.29, 0.717) is 23.0 Å². The molecule has 2 N–H and O–H groups in total. The van der Waals surface area contributed by atoms with Crippen LogP contribution in [0.1, 0.15) is 11.5 Å². The van der Waals surface area contributed by atoms with Crippen LogP contribution in [0.3, 0.4) is 0 Å². The molecule has 0 unspecified atom stereocenters. The molecule has 7 nitrogen and oxygen atoms in total. The molecule has 0 spiro atoms. The number of anilines is 2. The number of methoxy groups -OCH3 is 1. The van der Waals surface area contributed by atoms with Crippen molar-refractivity contribution in [1.82, 2.24) is 10.2 Å². The average molecular weight is 359 g/mol. The summed E-state index contributed by atoms with van der Waals surface area (Å²) >= 11 is 5.80. The van der Waals surface area contributed by atoms with Crippen molar-refractivity contribution in [1.29, 1.82) is 0 Å². The maximum absolute atomic E-state index is 11.9. The van der Waals surface area contributed by atoms with Gasteiger partial charge in [0.2, 0.25) is 5.89 Å². The number of ether oxygens (including phenoxy) is 1. The van der Waals surface area contributed by atoms with Gasteiger partial charge < -0.3 is 14.5 Å². The fourth-order valence-electron chi connectivity index (χ4n) is 2.09. The fraction of sp³-hybridized carbons (Fsp3) is 0.118. The molecule has 0 fully saturated rings. The molecule has 128 valence electrons. The summed E-state index contributed by atoms with van der Waals surface area (Å²) in [6.07, 6.45) is 0.456. The predicted octanol–water partition coefficient (Wildman–Crippen LogP) is 3.97. The first-order valence-electron chi connectivity index (χ1n) is 7.41. The molecule has 0 radical (unpaired) electrons. The quantitative estimate of drug-likeness (QED) is 0.720. The topological polar surface area (TPSA) is 89.3 Å². The normalized spacial score (nSPS) is 10.3. The van der Waals surface area contributed by atoms with Gasteiger partial charge in [0.05, 0.1) is 13.5 Å². The van der Waals surface area contributed by atoms with Crippen molar-refractivity contribution in [3.8, 4) is 5.75 Å². The Bertz CT molecular complexity index is 847. The number of nitrogens with zero attached hydrogens (tertiary/aromatic N) is 2. The second kappa shape index (κ2) is 7.67. The first kappa shape index (κ1) is 16.8. The minimum atomic E-state index is -0.484. The lowest BCUT2D eigenvalue weighted by Crippen LogP contribution is -2.19. The molecule has 0 aliphatic heterocycles. The van der Waals surface area contributed by atoms with Gasteiger partial charge in [-0.1, -0.05) is 28.8 Å². The SMILES string of the molecule is COc1ccc(Cc2nnc(NC(=O)Nc3ccc(Cl)cc3)o2)cc1. The number of carbonyl (C=O) groups is 1. The number of aromatic nitrogens is 2. The molecule has 2 aromatic carbocycles. The number of rotatable bonds is 5. The Morgan fingerprint density at radius 1 is 1.08 bits per heavy atom. The molecule has 1 aromatic heterocycles. The van der Waals surface area contributed by atoms with Crippen molar-refractivity contribution in [3.63, 3.8) is 0 Å². The van der Waals surface area contributed by atoms with Crippen LogP contribution in [0.2, 0.25) is 5.02 Å².